The maximum Gasteiger partial charge on any atom is 0.258 e. The fourth-order valence-electron chi connectivity index (χ4n) is 4.17. The summed E-state index contributed by atoms with van der Waals surface area (Å²) in [6.07, 6.45) is 3.87. The fraction of sp³-hybridized carbons (Fsp3) is 0.304. The summed E-state index contributed by atoms with van der Waals surface area (Å²) in [6.45, 7) is 2.31. The molecule has 2 atom stereocenters. The van der Waals surface area contributed by atoms with E-state index < -0.39 is 11.7 Å². The van der Waals surface area contributed by atoms with Gasteiger partial charge in [-0.15, -0.1) is 0 Å². The summed E-state index contributed by atoms with van der Waals surface area (Å²) in [4.78, 5) is 12.6. The average molecular weight is 438 g/mol. The number of aromatic amines is 1. The first kappa shape index (κ1) is 20.3. The Morgan fingerprint density at radius 3 is 3.00 bits per heavy atom. The van der Waals surface area contributed by atoms with Gasteiger partial charge in [0.1, 0.15) is 11.6 Å². The number of anilines is 1. The maximum atomic E-state index is 14.4. The first-order valence-corrected chi connectivity index (χ1v) is 10.5. The zero-order valence-corrected chi connectivity index (χ0v) is 17.3. The summed E-state index contributed by atoms with van der Waals surface area (Å²) in [7, 11) is 0. The van der Waals surface area contributed by atoms with Crippen LogP contribution in [0.5, 0.6) is 17.2 Å². The van der Waals surface area contributed by atoms with E-state index in [0.29, 0.717) is 29.5 Å². The van der Waals surface area contributed by atoms with E-state index in [4.69, 9.17) is 14.2 Å². The van der Waals surface area contributed by atoms with Crippen molar-refractivity contribution in [2.45, 2.75) is 12.3 Å². The van der Waals surface area contributed by atoms with E-state index in [-0.39, 0.29) is 24.2 Å². The highest BCUT2D eigenvalue weighted by molar-refractivity contribution is 6.04. The molecule has 9 heteroatoms. The molecule has 3 N–H and O–H groups in total. The molecule has 32 heavy (non-hydrogen) atoms. The predicted octanol–water partition coefficient (Wildman–Crippen LogP) is 3.30. The van der Waals surface area contributed by atoms with Crippen molar-refractivity contribution in [2.24, 2.45) is 5.92 Å². The number of fused-ring (bicyclic) bond motifs is 1. The lowest BCUT2D eigenvalue weighted by atomic mass is 9.81. The van der Waals surface area contributed by atoms with Gasteiger partial charge in [-0.2, -0.15) is 5.10 Å². The van der Waals surface area contributed by atoms with Crippen molar-refractivity contribution in [1.29, 1.82) is 0 Å². The summed E-state index contributed by atoms with van der Waals surface area (Å²) >= 11 is 0. The van der Waals surface area contributed by atoms with Crippen LogP contribution in [0, 0.1) is 11.7 Å². The second-order valence-electron chi connectivity index (χ2n) is 7.87. The van der Waals surface area contributed by atoms with Crippen LogP contribution in [0.4, 0.5) is 10.1 Å². The molecule has 2 aliphatic heterocycles. The molecule has 5 rings (SSSR count). The Kier molecular flexibility index (Phi) is 5.64. The van der Waals surface area contributed by atoms with Gasteiger partial charge in [0.15, 0.2) is 11.5 Å². The van der Waals surface area contributed by atoms with Crippen LogP contribution in [0.3, 0.4) is 0 Å². The zero-order valence-electron chi connectivity index (χ0n) is 17.3. The van der Waals surface area contributed by atoms with Gasteiger partial charge in [0.25, 0.3) is 5.91 Å². The van der Waals surface area contributed by atoms with E-state index in [9.17, 15) is 9.18 Å². The molecule has 8 nitrogen and oxygen atoms in total. The second-order valence-corrected chi connectivity index (χ2v) is 7.87. The Hall–Kier alpha value is -3.59. The smallest absolute Gasteiger partial charge is 0.258 e. The number of rotatable bonds is 6. The Balaban J connectivity index is 1.31. The van der Waals surface area contributed by atoms with Crippen LogP contribution in [0.25, 0.3) is 0 Å². The molecule has 0 spiro atoms. The Morgan fingerprint density at radius 2 is 2.12 bits per heavy atom. The topological polar surface area (TPSA) is 97.5 Å². The van der Waals surface area contributed by atoms with Crippen molar-refractivity contribution in [3.63, 3.8) is 0 Å². The molecule has 0 saturated carbocycles. The Morgan fingerprint density at radius 1 is 1.22 bits per heavy atom. The number of benzene rings is 2. The van der Waals surface area contributed by atoms with Gasteiger partial charge in [0.05, 0.1) is 24.1 Å². The van der Waals surface area contributed by atoms with Crippen LogP contribution >= 0.6 is 0 Å². The summed E-state index contributed by atoms with van der Waals surface area (Å²) in [5.74, 6) is 1.31. The third kappa shape index (κ3) is 4.24. The SMILES string of the molecule is O=C(Nc1cn[nH]c1)c1cc([C@@H]2CCNC[C@H]2COc2ccc3c(c2)OCO3)ccc1F. The molecule has 166 valence electrons. The van der Waals surface area contributed by atoms with Gasteiger partial charge in [0.2, 0.25) is 6.79 Å². The third-order valence-electron chi connectivity index (χ3n) is 5.84. The standard InChI is InChI=1S/C23H23FN4O4/c24-20-3-1-14(7-19(20)23(29)28-16-10-26-27-11-16)18-5-6-25-9-15(18)12-30-17-2-4-21-22(8-17)32-13-31-21/h1-4,7-8,10-11,15,18,25H,5-6,9,12-13H2,(H,26,27)(H,28,29)/t15-,18-/m0/s1. The number of carbonyl (C=O) groups is 1. The van der Waals surface area contributed by atoms with Crippen molar-refractivity contribution >= 4 is 11.6 Å². The molecule has 3 heterocycles. The number of aromatic nitrogens is 2. The quantitative estimate of drug-likeness (QED) is 0.546. The van der Waals surface area contributed by atoms with Crippen LogP contribution in [-0.2, 0) is 0 Å². The number of ether oxygens (including phenoxy) is 3. The second kappa shape index (κ2) is 8.88. The third-order valence-corrected chi connectivity index (χ3v) is 5.84. The van der Waals surface area contributed by atoms with Gasteiger partial charge < -0.3 is 24.8 Å². The lowest BCUT2D eigenvalue weighted by molar-refractivity contribution is 0.102. The number of carbonyl (C=O) groups excluding carboxylic acids is 1. The molecule has 1 aromatic heterocycles. The minimum Gasteiger partial charge on any atom is -0.493 e. The zero-order chi connectivity index (χ0) is 21.9. The van der Waals surface area contributed by atoms with Gasteiger partial charge >= 0.3 is 0 Å². The highest BCUT2D eigenvalue weighted by atomic mass is 19.1. The van der Waals surface area contributed by atoms with Gasteiger partial charge in [0, 0.05) is 24.7 Å². The number of halogens is 1. The number of H-pyrrole nitrogens is 1. The minimum absolute atomic E-state index is 0.0117. The summed E-state index contributed by atoms with van der Waals surface area (Å²) in [6, 6.07) is 10.3. The monoisotopic (exact) mass is 438 g/mol. The van der Waals surface area contributed by atoms with Crippen molar-refractivity contribution in [2.75, 3.05) is 31.8 Å². The molecule has 2 aliphatic rings. The highest BCUT2D eigenvalue weighted by Crippen LogP contribution is 2.36. The highest BCUT2D eigenvalue weighted by Gasteiger charge is 2.28. The van der Waals surface area contributed by atoms with E-state index in [2.05, 4.69) is 20.8 Å². The van der Waals surface area contributed by atoms with Crippen LogP contribution in [0.15, 0.2) is 48.8 Å². The van der Waals surface area contributed by atoms with Crippen molar-refractivity contribution < 1.29 is 23.4 Å². The minimum atomic E-state index is -0.558. The Bertz CT molecular complexity index is 1110. The van der Waals surface area contributed by atoms with E-state index in [0.717, 1.165) is 25.1 Å². The first-order valence-electron chi connectivity index (χ1n) is 10.5. The Labute approximate surface area is 184 Å². The van der Waals surface area contributed by atoms with E-state index >= 15 is 0 Å². The number of nitrogens with one attached hydrogen (secondary N) is 3. The number of piperidine rings is 1. The molecular weight excluding hydrogens is 415 g/mol. The molecule has 0 radical (unpaired) electrons. The molecule has 3 aromatic rings. The molecular formula is C23H23FN4O4. The van der Waals surface area contributed by atoms with Crippen molar-refractivity contribution in [3.8, 4) is 17.2 Å². The summed E-state index contributed by atoms with van der Waals surface area (Å²) in [5, 5.41) is 12.5. The number of nitrogens with zero attached hydrogens (tertiary/aromatic N) is 1. The number of hydrogen-bond acceptors (Lipinski definition) is 6. The molecule has 2 aromatic carbocycles. The van der Waals surface area contributed by atoms with E-state index in [1.54, 1.807) is 12.1 Å². The van der Waals surface area contributed by atoms with E-state index in [1.807, 2.05) is 18.2 Å². The van der Waals surface area contributed by atoms with Gasteiger partial charge in [-0.25, -0.2) is 4.39 Å². The molecule has 0 unspecified atom stereocenters. The predicted molar refractivity (Wildman–Crippen MR) is 115 cm³/mol. The molecule has 1 amide bonds. The lowest BCUT2D eigenvalue weighted by Gasteiger charge is -2.32. The normalized spacial score (nSPS) is 19.5. The molecule has 0 bridgehead atoms. The molecule has 0 aliphatic carbocycles. The summed E-state index contributed by atoms with van der Waals surface area (Å²) in [5.41, 5.74) is 1.42. The fourth-order valence-corrected chi connectivity index (χ4v) is 4.17. The van der Waals surface area contributed by atoms with Gasteiger partial charge in [-0.05, 0) is 48.7 Å². The van der Waals surface area contributed by atoms with Crippen LogP contribution in [-0.4, -0.2) is 42.6 Å². The van der Waals surface area contributed by atoms with Crippen LogP contribution < -0.4 is 24.8 Å². The first-order chi connectivity index (χ1) is 15.7. The van der Waals surface area contributed by atoms with Crippen LogP contribution in [0.1, 0.15) is 28.3 Å². The molecule has 1 fully saturated rings. The van der Waals surface area contributed by atoms with Crippen LogP contribution in [0.2, 0.25) is 0 Å². The summed E-state index contributed by atoms with van der Waals surface area (Å²) < 4.78 is 31.3. The largest absolute Gasteiger partial charge is 0.493 e. The number of hydrogen-bond donors (Lipinski definition) is 3. The maximum absolute atomic E-state index is 14.4. The van der Waals surface area contributed by atoms with Gasteiger partial charge in [-0.1, -0.05) is 6.07 Å². The molecule has 1 saturated heterocycles. The van der Waals surface area contributed by atoms with Crippen molar-refractivity contribution in [1.82, 2.24) is 15.5 Å². The average Bonchev–Trinajstić information content (AvgIpc) is 3.50. The van der Waals surface area contributed by atoms with Crippen molar-refractivity contribution in [3.05, 3.63) is 65.7 Å². The lowest BCUT2D eigenvalue weighted by Crippen LogP contribution is -2.38. The van der Waals surface area contributed by atoms with Gasteiger partial charge in [-0.3, -0.25) is 9.89 Å². The van der Waals surface area contributed by atoms with E-state index in [1.165, 1.54) is 18.5 Å². The number of amides is 1.